The molecule has 0 unspecified atom stereocenters. The fourth-order valence-corrected chi connectivity index (χ4v) is 3.02. The molecule has 3 rings (SSSR count). The summed E-state index contributed by atoms with van der Waals surface area (Å²) in [4.78, 5) is 9.57. The predicted octanol–water partition coefficient (Wildman–Crippen LogP) is 2.96. The van der Waals surface area contributed by atoms with E-state index in [1.165, 1.54) is 5.56 Å². The van der Waals surface area contributed by atoms with Crippen molar-refractivity contribution in [2.24, 2.45) is 0 Å². The van der Waals surface area contributed by atoms with Gasteiger partial charge in [-0.3, -0.25) is 0 Å². The van der Waals surface area contributed by atoms with Crippen molar-refractivity contribution in [1.82, 2.24) is 19.9 Å². The van der Waals surface area contributed by atoms with Crippen LogP contribution in [0.1, 0.15) is 51.0 Å². The van der Waals surface area contributed by atoms with Gasteiger partial charge >= 0.3 is 0 Å². The number of nitrogens with zero attached hydrogens (tertiary/aromatic N) is 3. The fraction of sp³-hybridized carbons (Fsp3) is 0.625. The standard InChI is InChI=1S/C16H24N4/c1-11-9-13-14(18-10-11)20(12-5-7-17-8-6-12)15(19-13)16(2,3)4/h9-10,12,17H,5-8H2,1-4H3. The second-order valence-electron chi connectivity index (χ2n) is 6.89. The van der Waals surface area contributed by atoms with Crippen LogP contribution in [0.4, 0.5) is 0 Å². The first-order valence-corrected chi connectivity index (χ1v) is 7.52. The lowest BCUT2D eigenvalue weighted by Crippen LogP contribution is -2.32. The van der Waals surface area contributed by atoms with Gasteiger partial charge in [0, 0.05) is 17.7 Å². The van der Waals surface area contributed by atoms with Crippen LogP contribution >= 0.6 is 0 Å². The minimum Gasteiger partial charge on any atom is -0.317 e. The third-order valence-corrected chi connectivity index (χ3v) is 4.01. The number of piperidine rings is 1. The number of hydrogen-bond donors (Lipinski definition) is 1. The molecule has 0 spiro atoms. The minimum absolute atomic E-state index is 0.0412. The lowest BCUT2D eigenvalue weighted by molar-refractivity contribution is 0.349. The molecule has 0 saturated carbocycles. The van der Waals surface area contributed by atoms with Crippen LogP contribution in [0.3, 0.4) is 0 Å². The molecule has 0 aliphatic carbocycles. The van der Waals surface area contributed by atoms with Gasteiger partial charge in [0.2, 0.25) is 0 Å². The normalized spacial score (nSPS) is 17.8. The molecule has 1 saturated heterocycles. The molecule has 1 aliphatic rings. The Morgan fingerprint density at radius 3 is 2.60 bits per heavy atom. The van der Waals surface area contributed by atoms with Crippen LogP contribution in [-0.4, -0.2) is 27.6 Å². The van der Waals surface area contributed by atoms with Gasteiger partial charge in [-0.25, -0.2) is 9.97 Å². The molecule has 1 fully saturated rings. The van der Waals surface area contributed by atoms with E-state index in [1.807, 2.05) is 6.20 Å². The van der Waals surface area contributed by atoms with Crippen LogP contribution in [-0.2, 0) is 5.41 Å². The van der Waals surface area contributed by atoms with Crippen molar-refractivity contribution < 1.29 is 0 Å². The van der Waals surface area contributed by atoms with E-state index in [4.69, 9.17) is 4.98 Å². The maximum Gasteiger partial charge on any atom is 0.160 e. The highest BCUT2D eigenvalue weighted by Gasteiger charge is 2.28. The van der Waals surface area contributed by atoms with Crippen molar-refractivity contribution in [3.8, 4) is 0 Å². The van der Waals surface area contributed by atoms with Gasteiger partial charge < -0.3 is 9.88 Å². The SMILES string of the molecule is Cc1cnc2c(c1)nc(C(C)(C)C)n2C1CCNCC1. The highest BCUT2D eigenvalue weighted by Crippen LogP contribution is 2.32. The van der Waals surface area contributed by atoms with Crippen molar-refractivity contribution in [3.63, 3.8) is 0 Å². The topological polar surface area (TPSA) is 42.7 Å². The van der Waals surface area contributed by atoms with Crippen molar-refractivity contribution >= 4 is 11.2 Å². The van der Waals surface area contributed by atoms with E-state index in [2.05, 4.69) is 48.6 Å². The number of pyridine rings is 1. The second kappa shape index (κ2) is 4.85. The van der Waals surface area contributed by atoms with Crippen molar-refractivity contribution in [3.05, 3.63) is 23.7 Å². The predicted molar refractivity (Wildman–Crippen MR) is 82.1 cm³/mol. The van der Waals surface area contributed by atoms with Crippen LogP contribution < -0.4 is 5.32 Å². The van der Waals surface area contributed by atoms with Gasteiger partial charge in [0.1, 0.15) is 11.3 Å². The molecule has 2 aromatic rings. The van der Waals surface area contributed by atoms with Crippen LogP contribution in [0.2, 0.25) is 0 Å². The molecular weight excluding hydrogens is 248 g/mol. The van der Waals surface area contributed by atoms with Crippen LogP contribution in [0, 0.1) is 6.92 Å². The van der Waals surface area contributed by atoms with Gasteiger partial charge in [-0.05, 0) is 44.5 Å². The summed E-state index contributed by atoms with van der Waals surface area (Å²) < 4.78 is 2.40. The third kappa shape index (κ3) is 2.33. The fourth-order valence-electron chi connectivity index (χ4n) is 3.02. The molecular formula is C16H24N4. The molecule has 108 valence electrons. The first kappa shape index (κ1) is 13.6. The maximum absolute atomic E-state index is 4.90. The Labute approximate surface area is 120 Å². The summed E-state index contributed by atoms with van der Waals surface area (Å²) in [6.07, 6.45) is 4.27. The smallest absolute Gasteiger partial charge is 0.160 e. The average molecular weight is 272 g/mol. The van der Waals surface area contributed by atoms with E-state index >= 15 is 0 Å². The Bertz CT molecular complexity index is 615. The molecule has 20 heavy (non-hydrogen) atoms. The number of nitrogens with one attached hydrogen (secondary N) is 1. The molecule has 0 radical (unpaired) electrons. The van der Waals surface area contributed by atoms with Crippen molar-refractivity contribution in [2.45, 2.75) is 52.0 Å². The molecule has 1 N–H and O–H groups in total. The molecule has 4 nitrogen and oxygen atoms in total. The number of fused-ring (bicyclic) bond motifs is 1. The summed E-state index contributed by atoms with van der Waals surface area (Å²) in [7, 11) is 0. The van der Waals surface area contributed by atoms with Crippen molar-refractivity contribution in [2.75, 3.05) is 13.1 Å². The summed E-state index contributed by atoms with van der Waals surface area (Å²) in [6.45, 7) is 10.9. The molecule has 1 aliphatic heterocycles. The highest BCUT2D eigenvalue weighted by atomic mass is 15.2. The monoisotopic (exact) mass is 272 g/mol. The summed E-state index contributed by atoms with van der Waals surface area (Å²) in [6, 6.07) is 2.67. The Morgan fingerprint density at radius 2 is 1.95 bits per heavy atom. The first-order chi connectivity index (χ1) is 9.47. The van der Waals surface area contributed by atoms with Gasteiger partial charge in [-0.15, -0.1) is 0 Å². The molecule has 2 aromatic heterocycles. The average Bonchev–Trinajstić information content (AvgIpc) is 2.78. The van der Waals surface area contributed by atoms with Crippen LogP contribution in [0.25, 0.3) is 11.2 Å². The number of imidazole rings is 1. The summed E-state index contributed by atoms with van der Waals surface area (Å²) in [5, 5.41) is 3.44. The molecule has 0 aromatic carbocycles. The Balaban J connectivity index is 2.20. The zero-order valence-corrected chi connectivity index (χ0v) is 12.9. The third-order valence-electron chi connectivity index (χ3n) is 4.01. The minimum atomic E-state index is 0.0412. The molecule has 3 heterocycles. The largest absolute Gasteiger partial charge is 0.317 e. The zero-order chi connectivity index (χ0) is 14.3. The maximum atomic E-state index is 4.90. The number of aryl methyl sites for hydroxylation is 1. The molecule has 0 atom stereocenters. The van der Waals surface area contributed by atoms with Crippen LogP contribution in [0.5, 0.6) is 0 Å². The lowest BCUT2D eigenvalue weighted by Gasteiger charge is -2.29. The van der Waals surface area contributed by atoms with Gasteiger partial charge in [0.25, 0.3) is 0 Å². The number of aromatic nitrogens is 3. The summed E-state index contributed by atoms with van der Waals surface area (Å²) in [5.41, 5.74) is 3.30. The Morgan fingerprint density at radius 1 is 1.25 bits per heavy atom. The number of hydrogen-bond acceptors (Lipinski definition) is 3. The second-order valence-corrected chi connectivity index (χ2v) is 6.89. The van der Waals surface area contributed by atoms with Gasteiger partial charge in [0.05, 0.1) is 0 Å². The molecule has 0 bridgehead atoms. The lowest BCUT2D eigenvalue weighted by atomic mass is 9.94. The summed E-state index contributed by atoms with van der Waals surface area (Å²) in [5.74, 6) is 1.16. The van der Waals surface area contributed by atoms with E-state index in [1.54, 1.807) is 0 Å². The van der Waals surface area contributed by atoms with Gasteiger partial charge in [-0.2, -0.15) is 0 Å². The Hall–Kier alpha value is -1.42. The van der Waals surface area contributed by atoms with E-state index in [9.17, 15) is 0 Å². The zero-order valence-electron chi connectivity index (χ0n) is 12.9. The van der Waals surface area contributed by atoms with Crippen LogP contribution in [0.15, 0.2) is 12.3 Å². The van der Waals surface area contributed by atoms with Crippen molar-refractivity contribution in [1.29, 1.82) is 0 Å². The van der Waals surface area contributed by atoms with Gasteiger partial charge in [0.15, 0.2) is 5.65 Å². The summed E-state index contributed by atoms with van der Waals surface area (Å²) >= 11 is 0. The highest BCUT2D eigenvalue weighted by molar-refractivity contribution is 5.72. The van der Waals surface area contributed by atoms with Gasteiger partial charge in [-0.1, -0.05) is 20.8 Å². The van der Waals surface area contributed by atoms with E-state index in [0.29, 0.717) is 6.04 Å². The van der Waals surface area contributed by atoms with E-state index < -0.39 is 0 Å². The number of rotatable bonds is 1. The Kier molecular flexibility index (Phi) is 3.28. The molecule has 4 heteroatoms. The molecule has 0 amide bonds. The van der Waals surface area contributed by atoms with E-state index in [-0.39, 0.29) is 5.41 Å². The quantitative estimate of drug-likeness (QED) is 0.868. The first-order valence-electron chi connectivity index (χ1n) is 7.52. The van der Waals surface area contributed by atoms with E-state index in [0.717, 1.165) is 42.9 Å².